The van der Waals surface area contributed by atoms with Gasteiger partial charge >= 0.3 is 0 Å². The summed E-state index contributed by atoms with van der Waals surface area (Å²) in [4.78, 5) is 25.8. The molecule has 168 valence electrons. The Kier molecular flexibility index (Phi) is 5.24. The molecular weight excluding hydrogens is 418 g/mol. The molecule has 5 rings (SSSR count). The number of aromatic nitrogens is 4. The van der Waals surface area contributed by atoms with Gasteiger partial charge in [-0.1, -0.05) is 19.0 Å². The van der Waals surface area contributed by atoms with Crippen molar-refractivity contribution in [3.8, 4) is 17.2 Å². The van der Waals surface area contributed by atoms with Crippen LogP contribution < -0.4 is 0 Å². The first-order chi connectivity index (χ1) is 15.5. The van der Waals surface area contributed by atoms with Crippen LogP contribution in [0, 0.1) is 11.6 Å². The summed E-state index contributed by atoms with van der Waals surface area (Å²) >= 11 is 0. The van der Waals surface area contributed by atoms with E-state index < -0.39 is 17.5 Å². The number of carbonyl (C=O) groups excluding carboxylic acids is 1. The zero-order valence-corrected chi connectivity index (χ0v) is 18.0. The van der Waals surface area contributed by atoms with E-state index in [4.69, 9.17) is 4.52 Å². The second-order valence-electron chi connectivity index (χ2n) is 8.19. The van der Waals surface area contributed by atoms with Gasteiger partial charge in [0.15, 0.2) is 11.6 Å². The van der Waals surface area contributed by atoms with Crippen LogP contribution in [-0.4, -0.2) is 55.0 Å². The van der Waals surface area contributed by atoms with Crippen LogP contribution in [-0.2, 0) is 6.54 Å². The Morgan fingerprint density at radius 3 is 2.69 bits per heavy atom. The molecule has 0 aliphatic carbocycles. The van der Waals surface area contributed by atoms with Gasteiger partial charge in [-0.25, -0.2) is 13.8 Å². The van der Waals surface area contributed by atoms with E-state index in [2.05, 4.69) is 33.9 Å². The maximum absolute atomic E-state index is 14.6. The summed E-state index contributed by atoms with van der Waals surface area (Å²) in [7, 11) is 0. The Hall–Kier alpha value is -3.14. The van der Waals surface area contributed by atoms with Crippen molar-refractivity contribution in [1.82, 2.24) is 29.5 Å². The zero-order valence-electron chi connectivity index (χ0n) is 18.0. The smallest absolute Gasteiger partial charge is 0.259 e. The standard InChI is InChI=1S/C22H24F2N6O2/c1-3-8-28(9-4-2)11-16-26-21(27-32-16)19-20-15-7-10-29(15)22(31)17-14(30(20)12-25-19)6-5-13(23)18(17)24/h5-6,12,15H,3-4,7-11H2,1-2H3/t15-/m0/s1. The first kappa shape index (κ1) is 20.7. The molecule has 2 aromatic heterocycles. The SMILES string of the molecule is CCCN(CCC)Cc1nc(-c2ncn3c2[C@@H]2CCN2C(=O)c2c-3ccc(F)c2F)no1. The average Bonchev–Trinajstić information content (AvgIpc) is 3.35. The minimum atomic E-state index is -1.14. The number of fused-ring (bicyclic) bond motifs is 5. The van der Waals surface area contributed by atoms with Gasteiger partial charge in [0.25, 0.3) is 5.91 Å². The fourth-order valence-electron chi connectivity index (χ4n) is 4.55. The second-order valence-corrected chi connectivity index (χ2v) is 8.19. The first-order valence-electron chi connectivity index (χ1n) is 10.9. The number of imidazole rings is 1. The highest BCUT2D eigenvalue weighted by Gasteiger charge is 2.43. The lowest BCUT2D eigenvalue weighted by molar-refractivity contribution is 0.0456. The number of halogens is 2. The van der Waals surface area contributed by atoms with Crippen LogP contribution in [0.4, 0.5) is 8.78 Å². The van der Waals surface area contributed by atoms with Gasteiger partial charge in [0, 0.05) is 6.54 Å². The van der Waals surface area contributed by atoms with Crippen molar-refractivity contribution in [2.24, 2.45) is 0 Å². The summed E-state index contributed by atoms with van der Waals surface area (Å²) < 4.78 is 35.7. The van der Waals surface area contributed by atoms with E-state index in [0.717, 1.165) is 32.0 Å². The van der Waals surface area contributed by atoms with Crippen LogP contribution in [0.15, 0.2) is 23.0 Å². The molecule has 0 bridgehead atoms. The van der Waals surface area contributed by atoms with Gasteiger partial charge in [-0.3, -0.25) is 14.3 Å². The summed E-state index contributed by atoms with van der Waals surface area (Å²) in [5.74, 6) is -1.90. The summed E-state index contributed by atoms with van der Waals surface area (Å²) in [5, 5.41) is 4.13. The Balaban J connectivity index is 1.55. The molecular formula is C22H24F2N6O2. The molecule has 0 radical (unpaired) electrons. The minimum absolute atomic E-state index is 0.262. The van der Waals surface area contributed by atoms with E-state index in [1.54, 1.807) is 4.57 Å². The molecule has 0 unspecified atom stereocenters. The van der Waals surface area contributed by atoms with Gasteiger partial charge < -0.3 is 9.42 Å². The monoisotopic (exact) mass is 442 g/mol. The predicted molar refractivity (Wildman–Crippen MR) is 111 cm³/mol. The summed E-state index contributed by atoms with van der Waals surface area (Å²) in [6, 6.07) is 2.12. The van der Waals surface area contributed by atoms with E-state index >= 15 is 0 Å². The third kappa shape index (κ3) is 3.21. The van der Waals surface area contributed by atoms with Crippen molar-refractivity contribution < 1.29 is 18.1 Å². The van der Waals surface area contributed by atoms with E-state index in [-0.39, 0.29) is 17.3 Å². The van der Waals surface area contributed by atoms with E-state index in [1.807, 2.05) is 0 Å². The van der Waals surface area contributed by atoms with Gasteiger partial charge in [0.2, 0.25) is 11.7 Å². The third-order valence-electron chi connectivity index (χ3n) is 6.07. The molecule has 4 heterocycles. The second kappa shape index (κ2) is 8.09. The Morgan fingerprint density at radius 1 is 1.22 bits per heavy atom. The molecule has 1 amide bonds. The van der Waals surface area contributed by atoms with E-state index in [0.29, 0.717) is 42.6 Å². The number of hydrogen-bond donors (Lipinski definition) is 0. The van der Waals surface area contributed by atoms with Gasteiger partial charge in [0.05, 0.1) is 24.0 Å². The highest BCUT2D eigenvalue weighted by atomic mass is 19.2. The number of carbonyl (C=O) groups is 1. The Labute approximate surface area is 183 Å². The fourth-order valence-corrected chi connectivity index (χ4v) is 4.55. The lowest BCUT2D eigenvalue weighted by Crippen LogP contribution is -2.45. The molecule has 0 spiro atoms. The molecule has 2 aliphatic rings. The highest BCUT2D eigenvalue weighted by Crippen LogP contribution is 2.43. The van der Waals surface area contributed by atoms with Crippen LogP contribution in [0.2, 0.25) is 0 Å². The average molecular weight is 442 g/mol. The molecule has 0 saturated carbocycles. The Bertz CT molecular complexity index is 1170. The molecule has 1 atom stereocenters. The molecule has 10 heteroatoms. The van der Waals surface area contributed by atoms with Gasteiger partial charge in [-0.05, 0) is 44.5 Å². The summed E-state index contributed by atoms with van der Waals surface area (Å²) in [6.07, 6.45) is 4.25. The third-order valence-corrected chi connectivity index (χ3v) is 6.07. The van der Waals surface area contributed by atoms with Gasteiger partial charge in [-0.15, -0.1) is 0 Å². The molecule has 32 heavy (non-hydrogen) atoms. The van der Waals surface area contributed by atoms with E-state index in [9.17, 15) is 13.6 Å². The molecule has 0 N–H and O–H groups in total. The maximum Gasteiger partial charge on any atom is 0.259 e. The van der Waals surface area contributed by atoms with Gasteiger partial charge in [-0.2, -0.15) is 4.98 Å². The van der Waals surface area contributed by atoms with Crippen molar-refractivity contribution >= 4 is 5.91 Å². The molecule has 3 aromatic rings. The minimum Gasteiger partial charge on any atom is -0.337 e. The maximum atomic E-state index is 14.6. The number of rotatable bonds is 7. The fraction of sp³-hybridized carbons (Fsp3) is 0.455. The number of amides is 1. The van der Waals surface area contributed by atoms with Crippen molar-refractivity contribution in [2.45, 2.75) is 45.7 Å². The van der Waals surface area contributed by atoms with Crippen LogP contribution in [0.5, 0.6) is 0 Å². The molecule has 2 aliphatic heterocycles. The number of benzene rings is 1. The Morgan fingerprint density at radius 2 is 2.00 bits per heavy atom. The predicted octanol–water partition coefficient (Wildman–Crippen LogP) is 3.72. The van der Waals surface area contributed by atoms with Crippen LogP contribution in [0.25, 0.3) is 17.2 Å². The largest absolute Gasteiger partial charge is 0.337 e. The molecule has 1 saturated heterocycles. The lowest BCUT2D eigenvalue weighted by Gasteiger charge is -2.39. The van der Waals surface area contributed by atoms with E-state index in [1.165, 1.54) is 17.3 Å². The van der Waals surface area contributed by atoms with Crippen LogP contribution in [0.1, 0.15) is 61.1 Å². The molecule has 1 aromatic carbocycles. The first-order valence-corrected chi connectivity index (χ1v) is 10.9. The normalized spacial score (nSPS) is 17.1. The van der Waals surface area contributed by atoms with Crippen molar-refractivity contribution in [1.29, 1.82) is 0 Å². The van der Waals surface area contributed by atoms with Crippen LogP contribution in [0.3, 0.4) is 0 Å². The highest BCUT2D eigenvalue weighted by molar-refractivity contribution is 5.99. The summed E-state index contributed by atoms with van der Waals surface area (Å²) in [6.45, 7) is 7.13. The van der Waals surface area contributed by atoms with Crippen molar-refractivity contribution in [3.05, 3.63) is 47.2 Å². The summed E-state index contributed by atoms with van der Waals surface area (Å²) in [5.41, 5.74) is 1.15. The topological polar surface area (TPSA) is 80.3 Å². The lowest BCUT2D eigenvalue weighted by atomic mass is 9.97. The van der Waals surface area contributed by atoms with Crippen molar-refractivity contribution in [3.63, 3.8) is 0 Å². The molecule has 1 fully saturated rings. The van der Waals surface area contributed by atoms with Gasteiger partial charge in [0.1, 0.15) is 17.6 Å². The zero-order chi connectivity index (χ0) is 22.4. The van der Waals surface area contributed by atoms with Crippen molar-refractivity contribution in [2.75, 3.05) is 19.6 Å². The van der Waals surface area contributed by atoms with Crippen LogP contribution >= 0.6 is 0 Å². The molecule has 8 nitrogen and oxygen atoms in total. The number of hydrogen-bond acceptors (Lipinski definition) is 6. The number of nitrogens with zero attached hydrogens (tertiary/aromatic N) is 6. The quantitative estimate of drug-likeness (QED) is 0.555.